The van der Waals surface area contributed by atoms with E-state index >= 15 is 0 Å². The second kappa shape index (κ2) is 5.49. The zero-order valence-corrected chi connectivity index (χ0v) is 11.9. The van der Waals surface area contributed by atoms with Crippen molar-refractivity contribution in [3.63, 3.8) is 0 Å². The molecule has 4 heteroatoms. The summed E-state index contributed by atoms with van der Waals surface area (Å²) in [7, 11) is 1.88. The molecule has 1 aliphatic heterocycles. The average molecular weight is 269 g/mol. The van der Waals surface area contributed by atoms with Gasteiger partial charge < -0.3 is 10.1 Å². The fourth-order valence-electron chi connectivity index (χ4n) is 2.50. The molecule has 1 N–H and O–H groups in total. The van der Waals surface area contributed by atoms with Gasteiger partial charge in [0.15, 0.2) is 11.9 Å². The standard InChI is InChI=1S/C16H19N3O/c1-3-6-12-10-15(17-2)19-16(18-12)14-9-11-7-4-5-8-13(11)20-14/h4-5,7-8,10,14H,3,6,9H2,1-2H3,(H,17,18,19). The number of ether oxygens (including phenoxy) is 1. The van der Waals surface area contributed by atoms with Crippen LogP contribution >= 0.6 is 0 Å². The average Bonchev–Trinajstić information content (AvgIpc) is 2.91. The molecule has 0 fully saturated rings. The van der Waals surface area contributed by atoms with Crippen molar-refractivity contribution in [2.24, 2.45) is 0 Å². The zero-order valence-electron chi connectivity index (χ0n) is 11.9. The van der Waals surface area contributed by atoms with E-state index < -0.39 is 0 Å². The Balaban J connectivity index is 1.89. The molecule has 20 heavy (non-hydrogen) atoms. The monoisotopic (exact) mass is 269 g/mol. The highest BCUT2D eigenvalue weighted by Gasteiger charge is 2.26. The van der Waals surface area contributed by atoms with Gasteiger partial charge in [-0.2, -0.15) is 0 Å². The van der Waals surface area contributed by atoms with Crippen molar-refractivity contribution in [1.82, 2.24) is 9.97 Å². The Morgan fingerprint density at radius 2 is 2.15 bits per heavy atom. The number of aromatic nitrogens is 2. The van der Waals surface area contributed by atoms with Crippen LogP contribution in [0.1, 0.15) is 36.5 Å². The van der Waals surface area contributed by atoms with Crippen LogP contribution < -0.4 is 10.1 Å². The highest BCUT2D eigenvalue weighted by atomic mass is 16.5. The lowest BCUT2D eigenvalue weighted by Gasteiger charge is -2.12. The van der Waals surface area contributed by atoms with Crippen molar-refractivity contribution in [2.75, 3.05) is 12.4 Å². The number of nitrogens with one attached hydrogen (secondary N) is 1. The molecular weight excluding hydrogens is 250 g/mol. The fourth-order valence-corrected chi connectivity index (χ4v) is 2.50. The maximum absolute atomic E-state index is 5.97. The van der Waals surface area contributed by atoms with Gasteiger partial charge in [-0.25, -0.2) is 9.97 Å². The molecule has 0 saturated heterocycles. The predicted octanol–water partition coefficient (Wildman–Crippen LogP) is 3.15. The minimum absolute atomic E-state index is 0.0729. The number of rotatable bonds is 4. The van der Waals surface area contributed by atoms with Gasteiger partial charge in [-0.05, 0) is 18.1 Å². The Bertz CT molecular complexity index is 587. The van der Waals surface area contributed by atoms with Crippen molar-refractivity contribution in [1.29, 1.82) is 0 Å². The van der Waals surface area contributed by atoms with Gasteiger partial charge in [-0.1, -0.05) is 31.5 Å². The van der Waals surface area contributed by atoms with Crippen LogP contribution in [-0.4, -0.2) is 17.0 Å². The van der Waals surface area contributed by atoms with Crippen molar-refractivity contribution in [2.45, 2.75) is 32.3 Å². The first-order valence-electron chi connectivity index (χ1n) is 7.10. The second-order valence-corrected chi connectivity index (χ2v) is 5.02. The lowest BCUT2D eigenvalue weighted by molar-refractivity contribution is 0.227. The van der Waals surface area contributed by atoms with Gasteiger partial charge in [-0.3, -0.25) is 0 Å². The van der Waals surface area contributed by atoms with E-state index in [0.717, 1.165) is 42.3 Å². The second-order valence-electron chi connectivity index (χ2n) is 5.02. The molecule has 0 amide bonds. The molecule has 2 heterocycles. The number of hydrogen-bond donors (Lipinski definition) is 1. The predicted molar refractivity (Wildman–Crippen MR) is 79.1 cm³/mol. The number of nitrogens with zero attached hydrogens (tertiary/aromatic N) is 2. The Hall–Kier alpha value is -2.10. The third-order valence-electron chi connectivity index (χ3n) is 3.49. The molecule has 4 nitrogen and oxygen atoms in total. The van der Waals surface area contributed by atoms with Crippen molar-refractivity contribution < 1.29 is 4.74 Å². The Kier molecular flexibility index (Phi) is 3.54. The number of anilines is 1. The van der Waals surface area contributed by atoms with Crippen molar-refractivity contribution >= 4 is 5.82 Å². The van der Waals surface area contributed by atoms with Gasteiger partial charge in [-0.15, -0.1) is 0 Å². The van der Waals surface area contributed by atoms with Crippen LogP contribution in [0.5, 0.6) is 5.75 Å². The van der Waals surface area contributed by atoms with Gasteiger partial charge >= 0.3 is 0 Å². The largest absolute Gasteiger partial charge is 0.482 e. The highest BCUT2D eigenvalue weighted by molar-refractivity contribution is 5.40. The molecule has 1 aromatic heterocycles. The molecule has 1 aromatic carbocycles. The summed E-state index contributed by atoms with van der Waals surface area (Å²) in [5.74, 6) is 2.59. The van der Waals surface area contributed by atoms with Gasteiger partial charge in [0.2, 0.25) is 0 Å². The number of hydrogen-bond acceptors (Lipinski definition) is 4. The minimum atomic E-state index is -0.0729. The maximum Gasteiger partial charge on any atom is 0.172 e. The summed E-state index contributed by atoms with van der Waals surface area (Å²) >= 11 is 0. The van der Waals surface area contributed by atoms with Crippen LogP contribution in [-0.2, 0) is 12.8 Å². The zero-order chi connectivity index (χ0) is 13.9. The van der Waals surface area contributed by atoms with Gasteiger partial charge in [0, 0.05) is 25.2 Å². The Morgan fingerprint density at radius 3 is 2.90 bits per heavy atom. The maximum atomic E-state index is 5.97. The van der Waals surface area contributed by atoms with Crippen LogP contribution in [0.3, 0.4) is 0 Å². The molecule has 0 radical (unpaired) electrons. The first-order valence-corrected chi connectivity index (χ1v) is 7.10. The summed E-state index contributed by atoms with van der Waals surface area (Å²) < 4.78 is 5.97. The lowest BCUT2D eigenvalue weighted by Crippen LogP contribution is -2.11. The molecule has 1 unspecified atom stereocenters. The van der Waals surface area contributed by atoms with Crippen molar-refractivity contribution in [3.05, 3.63) is 47.4 Å². The van der Waals surface area contributed by atoms with Crippen LogP contribution in [0, 0.1) is 0 Å². The van der Waals surface area contributed by atoms with Gasteiger partial charge in [0.1, 0.15) is 11.6 Å². The third-order valence-corrected chi connectivity index (χ3v) is 3.49. The van der Waals surface area contributed by atoms with E-state index in [1.54, 1.807) is 0 Å². The summed E-state index contributed by atoms with van der Waals surface area (Å²) in [6, 6.07) is 10.1. The highest BCUT2D eigenvalue weighted by Crippen LogP contribution is 2.35. The van der Waals surface area contributed by atoms with Crippen LogP contribution in [0.15, 0.2) is 30.3 Å². The van der Waals surface area contributed by atoms with E-state index in [1.807, 2.05) is 31.3 Å². The molecule has 1 atom stereocenters. The van der Waals surface area contributed by atoms with E-state index in [1.165, 1.54) is 5.56 Å². The minimum Gasteiger partial charge on any atom is -0.482 e. The molecule has 0 saturated carbocycles. The molecule has 0 aliphatic carbocycles. The first kappa shape index (κ1) is 12.9. The quantitative estimate of drug-likeness (QED) is 0.926. The summed E-state index contributed by atoms with van der Waals surface area (Å²) in [5, 5.41) is 3.10. The van der Waals surface area contributed by atoms with Gasteiger partial charge in [0.05, 0.1) is 0 Å². The summed E-state index contributed by atoms with van der Waals surface area (Å²) in [5.41, 5.74) is 2.30. The van der Waals surface area contributed by atoms with Crippen LogP contribution in [0.25, 0.3) is 0 Å². The normalized spacial score (nSPS) is 16.6. The van der Waals surface area contributed by atoms with E-state index in [2.05, 4.69) is 28.3 Å². The van der Waals surface area contributed by atoms with E-state index in [4.69, 9.17) is 4.74 Å². The molecular formula is C16H19N3O. The van der Waals surface area contributed by atoms with Crippen LogP contribution in [0.2, 0.25) is 0 Å². The Morgan fingerprint density at radius 1 is 1.30 bits per heavy atom. The number of fused-ring (bicyclic) bond motifs is 1. The lowest BCUT2D eigenvalue weighted by atomic mass is 10.1. The molecule has 2 aromatic rings. The van der Waals surface area contributed by atoms with E-state index in [9.17, 15) is 0 Å². The summed E-state index contributed by atoms with van der Waals surface area (Å²) in [4.78, 5) is 9.21. The fraction of sp³-hybridized carbons (Fsp3) is 0.375. The molecule has 0 spiro atoms. The number of aryl methyl sites for hydroxylation is 1. The Labute approximate surface area is 119 Å². The molecule has 104 valence electrons. The third kappa shape index (κ3) is 2.46. The van der Waals surface area contributed by atoms with Crippen molar-refractivity contribution in [3.8, 4) is 5.75 Å². The smallest absolute Gasteiger partial charge is 0.172 e. The molecule has 0 bridgehead atoms. The molecule has 1 aliphatic rings. The number of benzene rings is 1. The summed E-state index contributed by atoms with van der Waals surface area (Å²) in [6.45, 7) is 2.16. The van der Waals surface area contributed by atoms with E-state index in [0.29, 0.717) is 0 Å². The summed E-state index contributed by atoms with van der Waals surface area (Å²) in [6.07, 6.45) is 2.81. The van der Waals surface area contributed by atoms with Crippen LogP contribution in [0.4, 0.5) is 5.82 Å². The van der Waals surface area contributed by atoms with Gasteiger partial charge in [0.25, 0.3) is 0 Å². The number of para-hydroxylation sites is 1. The SMILES string of the molecule is CCCc1cc(NC)nc(C2Cc3ccccc3O2)n1. The van der Waals surface area contributed by atoms with E-state index in [-0.39, 0.29) is 6.10 Å². The first-order chi connectivity index (χ1) is 9.80. The molecule has 3 rings (SSSR count). The topological polar surface area (TPSA) is 47.0 Å².